The summed E-state index contributed by atoms with van der Waals surface area (Å²) < 4.78 is 0. The molecule has 15 atom stereocenters. The molecule has 2 aromatic heterocycles. The van der Waals surface area contributed by atoms with Gasteiger partial charge in [0.25, 0.3) is 0 Å². The quantitative estimate of drug-likeness (QED) is 0.0278. The van der Waals surface area contributed by atoms with E-state index in [9.17, 15) is 73.2 Å². The zero-order chi connectivity index (χ0) is 96.2. The lowest BCUT2D eigenvalue weighted by Crippen LogP contribution is -2.61. The van der Waals surface area contributed by atoms with Crippen LogP contribution in [-0.4, -0.2) is 317 Å². The summed E-state index contributed by atoms with van der Waals surface area (Å²) in [5.74, 6) is -19.8. The van der Waals surface area contributed by atoms with E-state index in [0.29, 0.717) is 69.5 Å². The van der Waals surface area contributed by atoms with Crippen LogP contribution < -0.4 is 70.4 Å². The van der Waals surface area contributed by atoms with Crippen LogP contribution in [0.15, 0.2) is 85.2 Å². The number of amides is 17. The van der Waals surface area contributed by atoms with E-state index in [1.54, 1.807) is 81.7 Å². The number of rotatable bonds is 25. The Labute approximate surface area is 761 Å². The first-order valence-corrected chi connectivity index (χ1v) is 45.1. The largest absolute Gasteiger partial charge is 0.508 e. The Morgan fingerprint density at radius 1 is 0.542 bits per heavy atom. The second-order valence-electron chi connectivity index (χ2n) is 33.7. The number of para-hydroxylation sites is 2. The number of phenolic OH excluding ortho intramolecular Hbond substituents is 1. The van der Waals surface area contributed by atoms with E-state index in [1.165, 1.54) is 52.3 Å². The number of nitrogens with two attached hydrogens (primary N) is 3. The van der Waals surface area contributed by atoms with Crippen molar-refractivity contribution in [1.29, 1.82) is 0 Å². The first-order valence-electron chi connectivity index (χ1n) is 43.9. The van der Waals surface area contributed by atoms with E-state index in [2.05, 4.69) is 63.1 Å². The number of aliphatic carboxylic acids is 1. The van der Waals surface area contributed by atoms with Gasteiger partial charge in [-0.25, -0.2) is 0 Å². The van der Waals surface area contributed by atoms with Gasteiger partial charge < -0.3 is 125 Å². The number of H-pyrrole nitrogens is 2. The van der Waals surface area contributed by atoms with Crippen LogP contribution in [0.5, 0.6) is 5.75 Å². The summed E-state index contributed by atoms with van der Waals surface area (Å²) in [6.07, 6.45) is -0.430. The molecule has 5 heterocycles. The number of aliphatic hydroxyl groups is 2. The minimum atomic E-state index is -1.83. The van der Waals surface area contributed by atoms with Gasteiger partial charge in [-0.2, -0.15) is 0 Å². The number of aliphatic hydroxyl groups excluding tert-OH is 2. The van der Waals surface area contributed by atoms with Crippen LogP contribution >= 0.6 is 11.8 Å². The molecular formula is C88H124N20O22S. The van der Waals surface area contributed by atoms with Gasteiger partial charge in [0, 0.05) is 106 Å². The molecule has 8 rings (SSSR count). The van der Waals surface area contributed by atoms with Crippen molar-refractivity contribution in [3.8, 4) is 5.75 Å². The fourth-order valence-corrected chi connectivity index (χ4v) is 17.0. The number of nitrogens with zero attached hydrogens (tertiary/aromatic N) is 5. The molecule has 43 heteroatoms. The summed E-state index contributed by atoms with van der Waals surface area (Å²) in [7, 11) is 3.83. The number of nitrogens with one attached hydrogen (secondary N) is 12. The van der Waals surface area contributed by atoms with Crippen LogP contribution in [0.1, 0.15) is 141 Å². The van der Waals surface area contributed by atoms with Crippen molar-refractivity contribution < 1.29 is 107 Å². The molecule has 3 saturated heterocycles. The summed E-state index contributed by atoms with van der Waals surface area (Å²) >= 11 is 0.706. The zero-order valence-corrected chi connectivity index (χ0v) is 75.6. The smallest absolute Gasteiger partial charge is 0.303 e. The molecule has 22 N–H and O–H groups in total. The lowest BCUT2D eigenvalue weighted by atomic mass is 9.99. The third kappa shape index (κ3) is 28.9. The van der Waals surface area contributed by atoms with Crippen LogP contribution in [0.3, 0.4) is 0 Å². The number of primary amides is 2. The van der Waals surface area contributed by atoms with E-state index in [-0.39, 0.29) is 89.0 Å². The molecule has 3 fully saturated rings. The maximum atomic E-state index is 15.8. The SMILES string of the molecule is CCCC[C@H]1C(=O)N(C)[C@@H](CCCC)C(=O)N[C@@H](CCC(=O)O)C(=O)N[C@H](C(=O)NCC(N)=O)CSCC(=O)N[C@@H](Cc2ccc(O)cc2)C(=O)N(C)[C@@H](C)C(=O)N[C@@H](CC(N)=O)C(=O)N2CCC[C@H]2C(=O)N[C@@H](CO)C(=O)N[C@@H](CC(C)C)C(=O)N2C[C@H](O)C[C@H]2C(=O)N[C@@H](Cc2c[nH]c3ccccc23)C(=O)N[C@@H](CCN)C(=O)N[C@@H](Cc2c[nH]c3ccccc23)C(=O)N1C. The zero-order valence-electron chi connectivity index (χ0n) is 74.8. The van der Waals surface area contributed by atoms with Gasteiger partial charge in [-0.3, -0.25) is 86.3 Å². The average molecular weight is 1850 g/mol. The fourth-order valence-electron chi connectivity index (χ4n) is 16.1. The Morgan fingerprint density at radius 3 is 1.65 bits per heavy atom. The van der Waals surface area contributed by atoms with Crippen molar-refractivity contribution in [3.63, 3.8) is 0 Å². The number of hydrogen-bond acceptors (Lipinski definition) is 23. The Bertz CT molecular complexity index is 4930. The highest BCUT2D eigenvalue weighted by Gasteiger charge is 2.47. The van der Waals surface area contributed by atoms with E-state index in [1.807, 2.05) is 6.92 Å². The molecule has 0 saturated carbocycles. The van der Waals surface area contributed by atoms with Crippen LogP contribution in [0, 0.1) is 5.92 Å². The predicted molar refractivity (Wildman–Crippen MR) is 479 cm³/mol. The number of fused-ring (bicyclic) bond motifs is 4. The number of carbonyl (C=O) groups excluding carboxylic acids is 17. The molecule has 5 aromatic rings. The number of aromatic amines is 2. The first kappa shape index (κ1) is 104. The van der Waals surface area contributed by atoms with Gasteiger partial charge in [-0.05, 0) is 105 Å². The molecule has 0 aliphatic carbocycles. The lowest BCUT2D eigenvalue weighted by Gasteiger charge is -2.36. The number of carboxylic acid groups (broad SMARTS) is 1. The number of likely N-dealkylation sites (N-methyl/N-ethyl adjacent to an activating group) is 3. The summed E-state index contributed by atoms with van der Waals surface area (Å²) in [6, 6.07) is -2.71. The van der Waals surface area contributed by atoms with Gasteiger partial charge in [0.05, 0.1) is 31.4 Å². The van der Waals surface area contributed by atoms with Gasteiger partial charge in [0.1, 0.15) is 90.3 Å². The molecule has 3 aromatic carbocycles. The van der Waals surface area contributed by atoms with Crippen molar-refractivity contribution in [2.24, 2.45) is 23.1 Å². The first-order chi connectivity index (χ1) is 62.3. The molecule has 0 unspecified atom stereocenters. The number of thioether (sulfide) groups is 1. The predicted octanol–water partition coefficient (Wildman–Crippen LogP) is -2.94. The minimum Gasteiger partial charge on any atom is -0.508 e. The Hall–Kier alpha value is -12.8. The molecule has 42 nitrogen and oxygen atoms in total. The van der Waals surface area contributed by atoms with Crippen molar-refractivity contribution in [2.45, 2.75) is 234 Å². The highest BCUT2D eigenvalue weighted by atomic mass is 32.2. The Kier molecular flexibility index (Phi) is 39.0. The maximum Gasteiger partial charge on any atom is 0.303 e. The second-order valence-corrected chi connectivity index (χ2v) is 34.8. The molecule has 0 spiro atoms. The molecule has 3 aliphatic heterocycles. The Balaban J connectivity index is 1.19. The summed E-state index contributed by atoms with van der Waals surface area (Å²) in [6.45, 7) is 5.58. The molecular weight excluding hydrogens is 1720 g/mol. The van der Waals surface area contributed by atoms with Crippen LogP contribution in [0.2, 0.25) is 0 Å². The second kappa shape index (κ2) is 49.3. The fraction of sp³-hybridized carbons (Fsp3) is 0.545. The number of hydrogen-bond donors (Lipinski definition) is 19. The number of unbranched alkanes of at least 4 members (excludes halogenated alkanes) is 2. The number of aromatic nitrogens is 2. The van der Waals surface area contributed by atoms with Gasteiger partial charge in [0.2, 0.25) is 100 Å². The highest BCUT2D eigenvalue weighted by Crippen LogP contribution is 2.28. The van der Waals surface area contributed by atoms with E-state index >= 15 is 33.6 Å². The number of phenols is 1. The topological polar surface area (TPSA) is 634 Å². The maximum absolute atomic E-state index is 15.8. The Morgan fingerprint density at radius 2 is 1.05 bits per heavy atom. The number of aromatic hydroxyl groups is 1. The van der Waals surface area contributed by atoms with E-state index < -0.39 is 254 Å². The minimum absolute atomic E-state index is 0.0237. The van der Waals surface area contributed by atoms with E-state index in [4.69, 9.17) is 17.2 Å². The normalized spacial score (nSPS) is 25.2. The van der Waals surface area contributed by atoms with E-state index in [0.717, 1.165) is 24.5 Å². The van der Waals surface area contributed by atoms with Gasteiger partial charge in [-0.15, -0.1) is 11.8 Å². The number of carbonyl (C=O) groups is 18. The van der Waals surface area contributed by atoms with Gasteiger partial charge >= 0.3 is 5.97 Å². The summed E-state index contributed by atoms with van der Waals surface area (Å²) in [4.78, 5) is 272. The standard InChI is InChI=1S/C88H124N20O22S/c1-9-11-22-67-81(123)97-58(29-30-74(115)116)77(119)103-66(76(118)94-42-72(91)113)45-131-46-73(114)95-62(35-49-25-27-52(110)28-26-49)84(126)104(6)48(5)75(117)99-64(39-71(90)112)86(128)107-33-17-24-68(107)82(124)102-65(44-109)80(122)100-61(34-47(3)4)87(129)108-43-53(111)38-70(108)83(125)98-60(36-50-40-92-56-20-15-13-18-54(50)56)79(121)96-59(31-32-89)78(120)101-63(37-51-41-93-57-21-16-14-19-55(51)57)85(127)106(8)69(23-12-10-2)88(130)105(67)7/h13-16,18-21,25-28,40-41,47-48,53,58-70,92-93,109-111H,9-12,17,22-24,29-39,42-46,89H2,1-8H3,(H2,90,112)(H2,91,113)(H,94,118)(H,95,114)(H,96,121)(H,97,123)(H,98,125)(H,99,117)(H,100,122)(H,101,120)(H,102,124)(H,103,119)(H,115,116)/t48-,53+,58-,59-,60-,61-,62-,63-,64-,65-,66-,67-,68-,69-,70-/m0/s1. The van der Waals surface area contributed by atoms with Crippen molar-refractivity contribution in [3.05, 3.63) is 102 Å². The van der Waals surface area contributed by atoms with Crippen molar-refractivity contribution >= 4 is 140 Å². The number of benzene rings is 3. The van der Waals surface area contributed by atoms with Crippen molar-refractivity contribution in [2.75, 3.05) is 65.4 Å². The molecule has 3 aliphatic rings. The van der Waals surface area contributed by atoms with Gasteiger partial charge in [-0.1, -0.05) is 102 Å². The highest BCUT2D eigenvalue weighted by molar-refractivity contribution is 8.00. The van der Waals surface area contributed by atoms with Gasteiger partial charge in [0.15, 0.2) is 0 Å². The van der Waals surface area contributed by atoms with Crippen molar-refractivity contribution in [1.82, 2.24) is 87.6 Å². The lowest BCUT2D eigenvalue weighted by molar-refractivity contribution is -0.149. The number of carboxylic acids is 1. The summed E-state index contributed by atoms with van der Waals surface area (Å²) in [5.41, 5.74) is 20.0. The molecule has 131 heavy (non-hydrogen) atoms. The third-order valence-corrected chi connectivity index (χ3v) is 24.5. The monoisotopic (exact) mass is 1840 g/mol. The van der Waals surface area contributed by atoms with Crippen LogP contribution in [0.25, 0.3) is 21.8 Å². The molecule has 714 valence electrons. The summed E-state index contributed by atoms with van der Waals surface area (Å²) in [5, 5.41) is 69.5. The average Bonchev–Trinajstić information content (AvgIpc) is 1.50. The molecule has 0 bridgehead atoms. The third-order valence-electron chi connectivity index (χ3n) is 23.5. The molecule has 17 amide bonds. The molecule has 0 radical (unpaired) electrons. The van der Waals surface area contributed by atoms with Crippen LogP contribution in [0.4, 0.5) is 0 Å². The van der Waals surface area contributed by atoms with Crippen LogP contribution in [-0.2, 0) is 106 Å².